The lowest BCUT2D eigenvalue weighted by Crippen LogP contribution is -2.43. The minimum atomic E-state index is -0.0946. The molecular weight excluding hydrogens is 382 g/mol. The Hall–Kier alpha value is -2.48. The predicted molar refractivity (Wildman–Crippen MR) is 113 cm³/mol. The van der Waals surface area contributed by atoms with Gasteiger partial charge in [0.25, 0.3) is 5.91 Å². The molecule has 0 radical (unpaired) electrons. The first kappa shape index (κ1) is 20.8. The van der Waals surface area contributed by atoms with Crippen LogP contribution in [0.2, 0.25) is 0 Å². The highest BCUT2D eigenvalue weighted by Gasteiger charge is 2.23. The number of nitrogens with one attached hydrogen (secondary N) is 1. The van der Waals surface area contributed by atoms with Crippen LogP contribution in [0.3, 0.4) is 0 Å². The van der Waals surface area contributed by atoms with Crippen molar-refractivity contribution in [3.8, 4) is 5.75 Å². The maximum absolute atomic E-state index is 12.7. The van der Waals surface area contributed by atoms with Crippen molar-refractivity contribution in [1.82, 2.24) is 15.2 Å². The highest BCUT2D eigenvalue weighted by Crippen LogP contribution is 2.21. The number of aromatic nitrogens is 1. The summed E-state index contributed by atoms with van der Waals surface area (Å²) in [6.45, 7) is 4.98. The zero-order valence-corrected chi connectivity index (χ0v) is 17.2. The van der Waals surface area contributed by atoms with Gasteiger partial charge in [-0.3, -0.25) is 14.7 Å². The molecule has 2 aliphatic heterocycles. The van der Waals surface area contributed by atoms with Crippen LogP contribution < -0.4 is 10.1 Å². The van der Waals surface area contributed by atoms with E-state index in [1.54, 1.807) is 18.3 Å². The van der Waals surface area contributed by atoms with Crippen molar-refractivity contribution in [2.24, 2.45) is 0 Å². The van der Waals surface area contributed by atoms with Gasteiger partial charge in [-0.1, -0.05) is 6.07 Å². The average molecular weight is 412 g/mol. The molecule has 0 aliphatic carbocycles. The van der Waals surface area contributed by atoms with E-state index >= 15 is 0 Å². The molecule has 1 aromatic heterocycles. The number of benzene rings is 1. The van der Waals surface area contributed by atoms with E-state index in [1.807, 2.05) is 24.4 Å². The highest BCUT2D eigenvalue weighted by molar-refractivity contribution is 5.94. The minimum absolute atomic E-state index is 0.0700. The Morgan fingerprint density at radius 1 is 1.20 bits per heavy atom. The molecule has 30 heavy (non-hydrogen) atoms. The number of rotatable bonds is 8. The normalized spacial score (nSPS) is 20.6. The van der Waals surface area contributed by atoms with E-state index in [0.717, 1.165) is 43.9 Å². The van der Waals surface area contributed by atoms with Crippen LogP contribution in [0.25, 0.3) is 0 Å². The number of ether oxygens (including phenoxy) is 3. The first-order valence-electron chi connectivity index (χ1n) is 10.6. The maximum atomic E-state index is 12.7. The van der Waals surface area contributed by atoms with Crippen molar-refractivity contribution in [1.29, 1.82) is 0 Å². The van der Waals surface area contributed by atoms with Gasteiger partial charge in [-0.25, -0.2) is 0 Å². The van der Waals surface area contributed by atoms with Crippen molar-refractivity contribution < 1.29 is 19.0 Å². The summed E-state index contributed by atoms with van der Waals surface area (Å²) >= 11 is 0. The van der Waals surface area contributed by atoms with Crippen LogP contribution in [0.4, 0.5) is 0 Å². The number of amides is 1. The van der Waals surface area contributed by atoms with Gasteiger partial charge in [-0.2, -0.15) is 0 Å². The zero-order chi connectivity index (χ0) is 20.6. The van der Waals surface area contributed by atoms with Crippen LogP contribution in [0, 0.1) is 0 Å². The molecule has 2 fully saturated rings. The second-order valence-corrected chi connectivity index (χ2v) is 7.63. The van der Waals surface area contributed by atoms with Gasteiger partial charge < -0.3 is 19.5 Å². The minimum Gasteiger partial charge on any atom is -0.491 e. The molecule has 7 nitrogen and oxygen atoms in total. The molecule has 3 heterocycles. The smallest absolute Gasteiger partial charge is 0.251 e. The van der Waals surface area contributed by atoms with Crippen LogP contribution in [0.1, 0.15) is 34.8 Å². The third kappa shape index (κ3) is 5.56. The summed E-state index contributed by atoms with van der Waals surface area (Å²) in [5.41, 5.74) is 1.71. The number of carbonyl (C=O) groups is 1. The first-order chi connectivity index (χ1) is 14.8. The van der Waals surface area contributed by atoms with Gasteiger partial charge in [-0.15, -0.1) is 0 Å². The summed E-state index contributed by atoms with van der Waals surface area (Å²) in [5, 5.41) is 3.08. The van der Waals surface area contributed by atoms with Crippen molar-refractivity contribution in [2.45, 2.75) is 25.0 Å². The Balaban J connectivity index is 1.33. The van der Waals surface area contributed by atoms with Gasteiger partial charge in [0, 0.05) is 44.2 Å². The fraction of sp³-hybridized carbons (Fsp3) is 0.478. The summed E-state index contributed by atoms with van der Waals surface area (Å²) in [4.78, 5) is 19.3. The van der Waals surface area contributed by atoms with E-state index in [9.17, 15) is 4.79 Å². The maximum Gasteiger partial charge on any atom is 0.251 e. The topological polar surface area (TPSA) is 72.9 Å². The number of hydrogen-bond donors (Lipinski definition) is 1. The molecule has 0 unspecified atom stereocenters. The summed E-state index contributed by atoms with van der Waals surface area (Å²) < 4.78 is 16.8. The Morgan fingerprint density at radius 2 is 2.03 bits per heavy atom. The summed E-state index contributed by atoms with van der Waals surface area (Å²) in [5.74, 6) is 0.659. The molecule has 2 saturated heterocycles. The molecule has 1 N–H and O–H groups in total. The van der Waals surface area contributed by atoms with Crippen molar-refractivity contribution in [2.75, 3.05) is 46.1 Å². The molecule has 0 saturated carbocycles. The van der Waals surface area contributed by atoms with Gasteiger partial charge in [0.05, 0.1) is 25.4 Å². The van der Waals surface area contributed by atoms with E-state index < -0.39 is 0 Å². The van der Waals surface area contributed by atoms with Crippen LogP contribution in [-0.4, -0.2) is 68.0 Å². The second kappa shape index (κ2) is 10.5. The van der Waals surface area contributed by atoms with E-state index in [0.29, 0.717) is 31.9 Å². The molecule has 2 aliphatic rings. The van der Waals surface area contributed by atoms with E-state index in [-0.39, 0.29) is 18.1 Å². The number of nitrogens with zero attached hydrogens (tertiary/aromatic N) is 2. The lowest BCUT2D eigenvalue weighted by atomic mass is 10.1. The van der Waals surface area contributed by atoms with Gasteiger partial charge >= 0.3 is 0 Å². The van der Waals surface area contributed by atoms with Crippen LogP contribution in [0.5, 0.6) is 5.75 Å². The number of morpholine rings is 1. The molecule has 2 atom stereocenters. The molecule has 2 aromatic rings. The fourth-order valence-corrected chi connectivity index (χ4v) is 3.88. The first-order valence-corrected chi connectivity index (χ1v) is 10.6. The Morgan fingerprint density at radius 3 is 2.73 bits per heavy atom. The molecule has 7 heteroatoms. The van der Waals surface area contributed by atoms with Gasteiger partial charge in [0.2, 0.25) is 0 Å². The standard InChI is InChI=1S/C23H29N3O4/c27-23(18-5-7-20(8-6-18)30-17-21-4-2-12-29-21)25-16-22(19-3-1-9-24-15-19)26-10-13-28-14-11-26/h1,3,5-9,15,21-22H,2,4,10-14,16-17H2,(H,25,27)/t21-,22-/m0/s1. The van der Waals surface area contributed by atoms with E-state index in [1.165, 1.54) is 0 Å². The summed E-state index contributed by atoms with van der Waals surface area (Å²) in [6.07, 6.45) is 5.95. The Bertz CT molecular complexity index is 788. The van der Waals surface area contributed by atoms with Crippen LogP contribution >= 0.6 is 0 Å². The molecule has 0 bridgehead atoms. The highest BCUT2D eigenvalue weighted by atomic mass is 16.5. The van der Waals surface area contributed by atoms with Crippen molar-refractivity contribution in [3.05, 3.63) is 59.9 Å². The van der Waals surface area contributed by atoms with Crippen molar-refractivity contribution >= 4 is 5.91 Å². The zero-order valence-electron chi connectivity index (χ0n) is 17.2. The van der Waals surface area contributed by atoms with Gasteiger partial charge in [0.15, 0.2) is 0 Å². The quantitative estimate of drug-likeness (QED) is 0.719. The number of carbonyl (C=O) groups excluding carboxylic acids is 1. The SMILES string of the molecule is O=C(NC[C@@H](c1cccnc1)N1CCOCC1)c1ccc(OC[C@@H]2CCCO2)cc1. The van der Waals surface area contributed by atoms with Gasteiger partial charge in [-0.05, 0) is 48.7 Å². The third-order valence-corrected chi connectivity index (χ3v) is 5.59. The molecular formula is C23H29N3O4. The van der Waals surface area contributed by atoms with E-state index in [2.05, 4.69) is 21.3 Å². The lowest BCUT2D eigenvalue weighted by molar-refractivity contribution is 0.0161. The largest absolute Gasteiger partial charge is 0.491 e. The molecule has 1 aromatic carbocycles. The molecule has 1 amide bonds. The molecule has 4 rings (SSSR count). The fourth-order valence-electron chi connectivity index (χ4n) is 3.88. The molecule has 160 valence electrons. The molecule has 0 spiro atoms. The Kier molecular flexibility index (Phi) is 7.29. The average Bonchev–Trinajstić information content (AvgIpc) is 3.33. The van der Waals surface area contributed by atoms with Crippen LogP contribution in [-0.2, 0) is 9.47 Å². The monoisotopic (exact) mass is 411 g/mol. The van der Waals surface area contributed by atoms with E-state index in [4.69, 9.17) is 14.2 Å². The van der Waals surface area contributed by atoms with Gasteiger partial charge in [0.1, 0.15) is 12.4 Å². The number of hydrogen-bond acceptors (Lipinski definition) is 6. The predicted octanol–water partition coefficient (Wildman–Crippen LogP) is 2.44. The van der Waals surface area contributed by atoms with Crippen LogP contribution in [0.15, 0.2) is 48.8 Å². The summed E-state index contributed by atoms with van der Waals surface area (Å²) in [7, 11) is 0. The Labute approximate surface area is 177 Å². The second-order valence-electron chi connectivity index (χ2n) is 7.63. The lowest BCUT2D eigenvalue weighted by Gasteiger charge is -2.34. The summed E-state index contributed by atoms with van der Waals surface area (Å²) in [6, 6.07) is 11.3. The van der Waals surface area contributed by atoms with Crippen molar-refractivity contribution in [3.63, 3.8) is 0 Å². The number of pyridine rings is 1. The third-order valence-electron chi connectivity index (χ3n) is 5.59.